The third-order valence-electron chi connectivity index (χ3n) is 7.36. The Kier molecular flexibility index (Phi) is 6.24. The first-order valence-electron chi connectivity index (χ1n) is 12.1. The van der Waals surface area contributed by atoms with Crippen molar-refractivity contribution in [3.05, 3.63) is 77.6 Å². The molecule has 5 rings (SSSR count). The van der Waals surface area contributed by atoms with Crippen LogP contribution in [-0.2, 0) is 20.2 Å². The first kappa shape index (κ1) is 24.3. The molecule has 6 nitrogen and oxygen atoms in total. The van der Waals surface area contributed by atoms with Crippen LogP contribution in [0.15, 0.2) is 65.6 Å². The van der Waals surface area contributed by atoms with Crippen molar-refractivity contribution in [2.45, 2.75) is 49.3 Å². The van der Waals surface area contributed by atoms with Crippen LogP contribution in [-0.4, -0.2) is 32.6 Å². The van der Waals surface area contributed by atoms with Gasteiger partial charge in [0.05, 0.1) is 10.6 Å². The summed E-state index contributed by atoms with van der Waals surface area (Å²) in [6, 6.07) is 16.7. The van der Waals surface area contributed by atoms with Crippen molar-refractivity contribution >= 4 is 21.7 Å². The van der Waals surface area contributed by atoms with Crippen LogP contribution in [0.25, 0.3) is 11.1 Å². The van der Waals surface area contributed by atoms with Crippen LogP contribution < -0.4 is 9.04 Å². The van der Waals surface area contributed by atoms with Crippen molar-refractivity contribution in [3.8, 4) is 16.9 Å². The molecule has 3 aromatic carbocycles. The van der Waals surface area contributed by atoms with E-state index in [0.717, 1.165) is 43.2 Å². The molecular formula is C28H28FNO5S. The number of aryl methyl sites for hydroxylation is 1. The highest BCUT2D eigenvalue weighted by atomic mass is 32.2. The van der Waals surface area contributed by atoms with Gasteiger partial charge in [0.15, 0.2) is 6.61 Å². The van der Waals surface area contributed by atoms with Gasteiger partial charge in [0.25, 0.3) is 10.0 Å². The average Bonchev–Trinajstić information content (AvgIpc) is 3.17. The molecule has 1 N–H and O–H groups in total. The summed E-state index contributed by atoms with van der Waals surface area (Å²) >= 11 is 0. The van der Waals surface area contributed by atoms with E-state index in [1.807, 2.05) is 6.07 Å². The molecule has 36 heavy (non-hydrogen) atoms. The summed E-state index contributed by atoms with van der Waals surface area (Å²) in [5.41, 5.74) is 3.08. The second-order valence-corrected chi connectivity index (χ2v) is 11.5. The number of carboxylic acids is 1. The summed E-state index contributed by atoms with van der Waals surface area (Å²) in [5, 5.41) is 8.87. The molecule has 0 amide bonds. The third-order valence-corrected chi connectivity index (χ3v) is 9.12. The van der Waals surface area contributed by atoms with Gasteiger partial charge in [-0.2, -0.15) is 0 Å². The van der Waals surface area contributed by atoms with Gasteiger partial charge >= 0.3 is 5.97 Å². The van der Waals surface area contributed by atoms with E-state index in [1.165, 1.54) is 28.6 Å². The van der Waals surface area contributed by atoms with Crippen LogP contribution in [0.4, 0.5) is 10.1 Å². The third kappa shape index (κ3) is 4.23. The molecule has 1 fully saturated rings. The van der Waals surface area contributed by atoms with Crippen LogP contribution >= 0.6 is 0 Å². The van der Waals surface area contributed by atoms with E-state index >= 15 is 0 Å². The van der Waals surface area contributed by atoms with E-state index in [0.29, 0.717) is 29.1 Å². The maximum atomic E-state index is 14.6. The molecule has 0 unspecified atom stereocenters. The number of ether oxygens (including phenoxy) is 1. The van der Waals surface area contributed by atoms with Crippen molar-refractivity contribution in [1.29, 1.82) is 0 Å². The zero-order valence-corrected chi connectivity index (χ0v) is 20.9. The smallest absolute Gasteiger partial charge is 0.341 e. The van der Waals surface area contributed by atoms with Gasteiger partial charge in [-0.3, -0.25) is 4.31 Å². The highest BCUT2D eigenvalue weighted by molar-refractivity contribution is 7.92. The number of hydrogen-bond donors (Lipinski definition) is 1. The first-order valence-corrected chi connectivity index (χ1v) is 13.5. The molecule has 2 aliphatic rings. The topological polar surface area (TPSA) is 83.9 Å². The number of benzene rings is 3. The fraction of sp³-hybridized carbons (Fsp3) is 0.321. The van der Waals surface area contributed by atoms with Gasteiger partial charge in [0.2, 0.25) is 0 Å². The largest absolute Gasteiger partial charge is 0.482 e. The number of rotatable bonds is 6. The SMILES string of the molecule is Cc1cc(S(=O)(=O)N2CC3(CCCCC3)c3cc(-c4ccccc4F)ccc32)ccc1OCC(=O)O. The molecule has 1 aliphatic heterocycles. The Morgan fingerprint density at radius 2 is 1.81 bits per heavy atom. The molecule has 3 aromatic rings. The quantitative estimate of drug-likeness (QED) is 0.463. The minimum atomic E-state index is -3.90. The minimum Gasteiger partial charge on any atom is -0.482 e. The molecule has 0 aromatic heterocycles. The molecule has 188 valence electrons. The Morgan fingerprint density at radius 3 is 2.50 bits per heavy atom. The number of aliphatic carboxylic acids is 1. The Balaban J connectivity index is 1.56. The van der Waals surface area contributed by atoms with E-state index in [-0.39, 0.29) is 16.1 Å². The second-order valence-electron chi connectivity index (χ2n) is 9.67. The van der Waals surface area contributed by atoms with Crippen molar-refractivity contribution < 1.29 is 27.4 Å². The number of sulfonamides is 1. The Labute approximate surface area is 210 Å². The molecule has 8 heteroatoms. The lowest BCUT2D eigenvalue weighted by atomic mass is 9.70. The average molecular weight is 510 g/mol. The number of halogens is 1. The van der Waals surface area contributed by atoms with Gasteiger partial charge in [-0.15, -0.1) is 0 Å². The van der Waals surface area contributed by atoms with Crippen molar-refractivity contribution in [1.82, 2.24) is 0 Å². The van der Waals surface area contributed by atoms with Crippen molar-refractivity contribution in [2.75, 3.05) is 17.5 Å². The maximum Gasteiger partial charge on any atom is 0.341 e. The summed E-state index contributed by atoms with van der Waals surface area (Å²) in [7, 11) is -3.90. The van der Waals surface area contributed by atoms with E-state index < -0.39 is 22.6 Å². The zero-order valence-electron chi connectivity index (χ0n) is 20.0. The van der Waals surface area contributed by atoms with E-state index in [2.05, 4.69) is 0 Å². The fourth-order valence-corrected chi connectivity index (χ4v) is 7.22. The molecule has 1 spiro atoms. The molecule has 0 saturated heterocycles. The van der Waals surface area contributed by atoms with E-state index in [4.69, 9.17) is 9.84 Å². The summed E-state index contributed by atoms with van der Waals surface area (Å²) in [4.78, 5) is 11.0. The number of nitrogens with zero attached hydrogens (tertiary/aromatic N) is 1. The molecular weight excluding hydrogens is 481 g/mol. The fourth-order valence-electron chi connectivity index (χ4n) is 5.57. The van der Waals surface area contributed by atoms with Gasteiger partial charge < -0.3 is 9.84 Å². The van der Waals surface area contributed by atoms with Gasteiger partial charge in [-0.1, -0.05) is 43.5 Å². The molecule has 1 heterocycles. The van der Waals surface area contributed by atoms with Gasteiger partial charge in [-0.05, 0) is 72.9 Å². The van der Waals surface area contributed by atoms with E-state index in [9.17, 15) is 17.6 Å². The number of fused-ring (bicyclic) bond motifs is 2. The monoisotopic (exact) mass is 509 g/mol. The lowest BCUT2D eigenvalue weighted by Crippen LogP contribution is -2.38. The summed E-state index contributed by atoms with van der Waals surface area (Å²) < 4.78 is 49.1. The normalized spacial score (nSPS) is 16.7. The Bertz CT molecular complexity index is 1430. The van der Waals surface area contributed by atoms with Crippen LogP contribution in [0, 0.1) is 12.7 Å². The van der Waals surface area contributed by atoms with Crippen LogP contribution in [0.3, 0.4) is 0 Å². The zero-order chi connectivity index (χ0) is 25.5. The first-order chi connectivity index (χ1) is 17.2. The lowest BCUT2D eigenvalue weighted by molar-refractivity contribution is -0.139. The van der Waals surface area contributed by atoms with Crippen LogP contribution in [0.2, 0.25) is 0 Å². The molecule has 0 radical (unpaired) electrons. The predicted octanol–water partition coefficient (Wildman–Crippen LogP) is 5.68. The summed E-state index contributed by atoms with van der Waals surface area (Å²) in [5.74, 6) is -1.08. The molecule has 1 aliphatic carbocycles. The predicted molar refractivity (Wildman–Crippen MR) is 135 cm³/mol. The molecule has 0 bridgehead atoms. The summed E-state index contributed by atoms with van der Waals surface area (Å²) in [6.07, 6.45) is 4.92. The highest BCUT2D eigenvalue weighted by Gasteiger charge is 2.47. The second kappa shape index (κ2) is 9.24. The number of hydrogen-bond acceptors (Lipinski definition) is 4. The van der Waals surface area contributed by atoms with E-state index in [1.54, 1.807) is 37.3 Å². The van der Waals surface area contributed by atoms with Crippen LogP contribution in [0.5, 0.6) is 5.75 Å². The minimum absolute atomic E-state index is 0.125. The van der Waals surface area contributed by atoms with Crippen LogP contribution in [0.1, 0.15) is 43.2 Å². The number of anilines is 1. The molecule has 1 saturated carbocycles. The number of carboxylic acid groups (broad SMARTS) is 1. The maximum absolute atomic E-state index is 14.6. The van der Waals surface area contributed by atoms with Gasteiger partial charge in [0.1, 0.15) is 11.6 Å². The highest BCUT2D eigenvalue weighted by Crippen LogP contribution is 2.51. The number of carbonyl (C=O) groups is 1. The molecule has 0 atom stereocenters. The van der Waals surface area contributed by atoms with Gasteiger partial charge in [0, 0.05) is 17.5 Å². The van der Waals surface area contributed by atoms with Crippen molar-refractivity contribution in [2.24, 2.45) is 0 Å². The van der Waals surface area contributed by atoms with Gasteiger partial charge in [-0.25, -0.2) is 17.6 Å². The van der Waals surface area contributed by atoms with Crippen molar-refractivity contribution in [3.63, 3.8) is 0 Å². The Morgan fingerprint density at radius 1 is 1.06 bits per heavy atom. The Hall–Kier alpha value is -3.39. The summed E-state index contributed by atoms with van der Waals surface area (Å²) in [6.45, 7) is 1.54. The standard InChI is InChI=1S/C28H28FNO5S/c1-19-15-21(10-12-26(19)35-17-27(31)32)36(33,34)30-18-28(13-5-2-6-14-28)23-16-20(9-11-25(23)30)22-7-3-4-8-24(22)29/h3-4,7-12,15-16H,2,5-6,13-14,17-18H2,1H3,(H,31,32). The lowest BCUT2D eigenvalue weighted by Gasteiger charge is -2.34.